The summed E-state index contributed by atoms with van der Waals surface area (Å²) < 4.78 is 0. The van der Waals surface area contributed by atoms with Crippen LogP contribution in [-0.2, 0) is 4.79 Å². The van der Waals surface area contributed by atoms with E-state index in [-0.39, 0.29) is 5.91 Å². The van der Waals surface area contributed by atoms with E-state index >= 15 is 0 Å². The second kappa shape index (κ2) is 6.75. The van der Waals surface area contributed by atoms with Crippen LogP contribution in [0.5, 0.6) is 0 Å². The fraction of sp³-hybridized carbons (Fsp3) is 0.364. The summed E-state index contributed by atoms with van der Waals surface area (Å²) in [7, 11) is 0. The van der Waals surface area contributed by atoms with Crippen molar-refractivity contribution in [1.82, 2.24) is 0 Å². The molecule has 1 aromatic carbocycles. The van der Waals surface area contributed by atoms with Crippen LogP contribution in [0.25, 0.3) is 0 Å². The number of alkyl halides is 1. The van der Waals surface area contributed by atoms with Gasteiger partial charge in [-0.1, -0.05) is 6.92 Å². The molecule has 0 radical (unpaired) electrons. The number of rotatable bonds is 5. The van der Waals surface area contributed by atoms with Gasteiger partial charge in [0.1, 0.15) is 0 Å². The second-order valence-electron chi connectivity index (χ2n) is 2.94. The second-order valence-corrected chi connectivity index (χ2v) is 4.66. The molecule has 0 aromatic heterocycles. The van der Waals surface area contributed by atoms with Crippen LogP contribution in [0.1, 0.15) is 13.3 Å². The monoisotopic (exact) mass is 243 g/mol. The normalized spacial score (nSPS) is 10.0. The Hall–Kier alpha value is -0.670. The van der Waals surface area contributed by atoms with Crippen LogP contribution in [0.2, 0.25) is 0 Å². The van der Waals surface area contributed by atoms with E-state index in [1.165, 1.54) is 4.90 Å². The molecule has 4 heteroatoms. The highest BCUT2D eigenvalue weighted by molar-refractivity contribution is 7.99. The quantitative estimate of drug-likeness (QED) is 0.635. The van der Waals surface area contributed by atoms with Crippen LogP contribution in [0, 0.1) is 0 Å². The van der Waals surface area contributed by atoms with E-state index in [1.54, 1.807) is 11.8 Å². The number of benzene rings is 1. The number of hydrogen-bond acceptors (Lipinski definition) is 2. The Balaban J connectivity index is 2.52. The van der Waals surface area contributed by atoms with Crippen LogP contribution < -0.4 is 5.32 Å². The fourth-order valence-corrected chi connectivity index (χ4v) is 1.94. The first-order chi connectivity index (χ1) is 7.26. The minimum absolute atomic E-state index is 0.0408. The molecule has 0 fully saturated rings. The number of carbonyl (C=O) groups excluding carboxylic acids is 1. The number of carbonyl (C=O) groups is 1. The zero-order valence-corrected chi connectivity index (χ0v) is 10.2. The van der Waals surface area contributed by atoms with Gasteiger partial charge < -0.3 is 5.32 Å². The van der Waals surface area contributed by atoms with Crippen molar-refractivity contribution >= 4 is 35.0 Å². The molecule has 0 aliphatic rings. The lowest BCUT2D eigenvalue weighted by atomic mass is 10.3. The third kappa shape index (κ3) is 4.58. The third-order valence-corrected chi connectivity index (χ3v) is 2.85. The third-order valence-electron chi connectivity index (χ3n) is 1.77. The molecule has 0 unspecified atom stereocenters. The molecule has 82 valence electrons. The molecular weight excluding hydrogens is 230 g/mol. The van der Waals surface area contributed by atoms with Gasteiger partial charge in [0.2, 0.25) is 5.91 Å². The van der Waals surface area contributed by atoms with Gasteiger partial charge in [-0.05, 0) is 30.0 Å². The molecule has 2 nitrogen and oxygen atoms in total. The van der Waals surface area contributed by atoms with Crippen molar-refractivity contribution in [1.29, 1.82) is 0 Å². The van der Waals surface area contributed by atoms with Gasteiger partial charge in [0.25, 0.3) is 0 Å². The number of thioether (sulfide) groups is 1. The van der Waals surface area contributed by atoms with Crippen molar-refractivity contribution in [2.24, 2.45) is 0 Å². The van der Waals surface area contributed by atoms with Gasteiger partial charge in [0.05, 0.1) is 0 Å². The predicted octanol–water partition coefficient (Wildman–Crippen LogP) is 3.37. The molecule has 0 saturated carbocycles. The van der Waals surface area contributed by atoms with Crippen LogP contribution in [0.3, 0.4) is 0 Å². The highest BCUT2D eigenvalue weighted by Crippen LogP contribution is 2.19. The molecule has 0 aliphatic carbocycles. The number of hydrogen-bond donors (Lipinski definition) is 1. The van der Waals surface area contributed by atoms with E-state index in [2.05, 4.69) is 12.2 Å². The highest BCUT2D eigenvalue weighted by Gasteiger charge is 2.00. The van der Waals surface area contributed by atoms with E-state index in [9.17, 15) is 4.79 Å². The number of amides is 1. The standard InChI is InChI=1S/C11H14ClNOS/c1-2-15-10-5-3-9(4-6-10)13-11(14)7-8-12/h3-6H,2,7-8H2,1H3,(H,13,14). The Kier molecular flexibility index (Phi) is 5.58. The van der Waals surface area contributed by atoms with Crippen LogP contribution in [0.4, 0.5) is 5.69 Å². The Bertz CT molecular complexity index is 313. The summed E-state index contributed by atoms with van der Waals surface area (Å²) in [5, 5.41) is 2.78. The molecular formula is C11H14ClNOS. The summed E-state index contributed by atoms with van der Waals surface area (Å²) >= 11 is 7.24. The van der Waals surface area contributed by atoms with Crippen LogP contribution in [-0.4, -0.2) is 17.5 Å². The van der Waals surface area contributed by atoms with Gasteiger partial charge in [0, 0.05) is 22.9 Å². The number of nitrogens with one attached hydrogen (secondary N) is 1. The molecule has 15 heavy (non-hydrogen) atoms. The van der Waals surface area contributed by atoms with E-state index < -0.39 is 0 Å². The van der Waals surface area contributed by atoms with Gasteiger partial charge in [-0.15, -0.1) is 23.4 Å². The predicted molar refractivity (Wildman–Crippen MR) is 66.8 cm³/mol. The number of anilines is 1. The van der Waals surface area contributed by atoms with Gasteiger partial charge in [-0.2, -0.15) is 0 Å². The Morgan fingerprint density at radius 1 is 1.40 bits per heavy atom. The van der Waals surface area contributed by atoms with Gasteiger partial charge in [-0.3, -0.25) is 4.79 Å². The lowest BCUT2D eigenvalue weighted by molar-refractivity contribution is -0.115. The maximum Gasteiger partial charge on any atom is 0.225 e. The van der Waals surface area contributed by atoms with E-state index in [0.717, 1.165) is 11.4 Å². The molecule has 1 rings (SSSR count). The SMILES string of the molecule is CCSc1ccc(NC(=O)CCCl)cc1. The number of halogens is 1. The summed E-state index contributed by atoms with van der Waals surface area (Å²) in [6.45, 7) is 2.11. The van der Waals surface area contributed by atoms with E-state index in [0.29, 0.717) is 12.3 Å². The molecule has 0 bridgehead atoms. The average molecular weight is 244 g/mol. The topological polar surface area (TPSA) is 29.1 Å². The average Bonchev–Trinajstić information content (AvgIpc) is 2.22. The largest absolute Gasteiger partial charge is 0.326 e. The summed E-state index contributed by atoms with van der Waals surface area (Å²) in [6.07, 6.45) is 0.354. The van der Waals surface area contributed by atoms with Crippen molar-refractivity contribution in [2.75, 3.05) is 16.9 Å². The summed E-state index contributed by atoms with van der Waals surface area (Å²) in [6, 6.07) is 7.82. The lowest BCUT2D eigenvalue weighted by Gasteiger charge is -2.04. The van der Waals surface area contributed by atoms with Crippen molar-refractivity contribution in [2.45, 2.75) is 18.2 Å². The Morgan fingerprint density at radius 2 is 2.07 bits per heavy atom. The zero-order chi connectivity index (χ0) is 11.1. The highest BCUT2D eigenvalue weighted by atomic mass is 35.5. The minimum Gasteiger partial charge on any atom is -0.326 e. The summed E-state index contributed by atoms with van der Waals surface area (Å²) in [5.41, 5.74) is 0.825. The smallest absolute Gasteiger partial charge is 0.225 e. The summed E-state index contributed by atoms with van der Waals surface area (Å²) in [5.74, 6) is 1.37. The zero-order valence-electron chi connectivity index (χ0n) is 8.63. The van der Waals surface area contributed by atoms with Crippen LogP contribution in [0.15, 0.2) is 29.2 Å². The molecule has 0 spiro atoms. The van der Waals surface area contributed by atoms with Crippen molar-refractivity contribution in [3.8, 4) is 0 Å². The first-order valence-corrected chi connectivity index (χ1v) is 6.37. The molecule has 0 saturated heterocycles. The first kappa shape index (κ1) is 12.4. The van der Waals surface area contributed by atoms with Gasteiger partial charge in [0.15, 0.2) is 0 Å². The van der Waals surface area contributed by atoms with Crippen LogP contribution >= 0.6 is 23.4 Å². The van der Waals surface area contributed by atoms with Gasteiger partial charge >= 0.3 is 0 Å². The lowest BCUT2D eigenvalue weighted by Crippen LogP contribution is -2.11. The first-order valence-electron chi connectivity index (χ1n) is 4.85. The molecule has 0 atom stereocenters. The Labute approximate surface area is 99.4 Å². The van der Waals surface area contributed by atoms with Crippen molar-refractivity contribution in [3.63, 3.8) is 0 Å². The van der Waals surface area contributed by atoms with E-state index in [4.69, 9.17) is 11.6 Å². The molecule has 0 heterocycles. The minimum atomic E-state index is -0.0408. The molecule has 1 amide bonds. The Morgan fingerprint density at radius 3 is 2.60 bits per heavy atom. The van der Waals surface area contributed by atoms with E-state index in [1.807, 2.05) is 24.3 Å². The van der Waals surface area contributed by atoms with Crippen molar-refractivity contribution < 1.29 is 4.79 Å². The van der Waals surface area contributed by atoms with Crippen molar-refractivity contribution in [3.05, 3.63) is 24.3 Å². The molecule has 1 N–H and O–H groups in total. The molecule has 1 aromatic rings. The maximum atomic E-state index is 11.2. The molecule has 0 aliphatic heterocycles. The maximum absolute atomic E-state index is 11.2. The fourth-order valence-electron chi connectivity index (χ4n) is 1.11. The summed E-state index contributed by atoms with van der Waals surface area (Å²) in [4.78, 5) is 12.4. The van der Waals surface area contributed by atoms with Gasteiger partial charge in [-0.25, -0.2) is 0 Å².